The Balaban J connectivity index is 1.37. The van der Waals surface area contributed by atoms with Crippen molar-refractivity contribution in [3.05, 3.63) is 157 Å². The quantitative estimate of drug-likeness (QED) is 0.151. The lowest BCUT2D eigenvalue weighted by Gasteiger charge is -2.19. The predicted octanol–water partition coefficient (Wildman–Crippen LogP) is 11.4. The van der Waals surface area contributed by atoms with Crippen LogP contribution in [0, 0.1) is 11.3 Å². The first kappa shape index (κ1) is 25.8. The van der Waals surface area contributed by atoms with E-state index in [2.05, 4.69) is 143 Å². The van der Waals surface area contributed by atoms with Crippen LogP contribution in [0.1, 0.15) is 5.56 Å². The lowest BCUT2D eigenvalue weighted by atomic mass is 9.84. The normalized spacial score (nSPS) is 11.8. The second-order valence-electron chi connectivity index (χ2n) is 12.2. The van der Waals surface area contributed by atoms with E-state index in [-0.39, 0.29) is 0 Å². The number of nitriles is 1. The van der Waals surface area contributed by atoms with Crippen LogP contribution in [0.2, 0.25) is 0 Å². The average Bonchev–Trinajstić information content (AvgIpc) is 3.47. The molecule has 0 saturated carbocycles. The summed E-state index contributed by atoms with van der Waals surface area (Å²) in [6, 6.07) is 52.5. The highest BCUT2D eigenvalue weighted by Crippen LogP contribution is 2.48. The summed E-state index contributed by atoms with van der Waals surface area (Å²) in [7, 11) is 0. The van der Waals surface area contributed by atoms with Crippen molar-refractivity contribution in [2.45, 2.75) is 0 Å². The van der Waals surface area contributed by atoms with Crippen LogP contribution in [0.5, 0.6) is 0 Å². The number of hydrogen-bond acceptors (Lipinski definition) is 2. The topological polar surface area (TPSA) is 41.6 Å². The Morgan fingerprint density at radius 1 is 0.511 bits per heavy atom. The predicted molar refractivity (Wildman–Crippen MR) is 195 cm³/mol. The van der Waals surface area contributed by atoms with Crippen LogP contribution in [-0.2, 0) is 0 Å². The van der Waals surface area contributed by atoms with Gasteiger partial charge in [0, 0.05) is 22.4 Å². The van der Waals surface area contributed by atoms with Crippen molar-refractivity contribution < 1.29 is 0 Å². The highest BCUT2D eigenvalue weighted by molar-refractivity contribution is 6.28. The fraction of sp³-hybridized carbons (Fsp3) is 0. The summed E-state index contributed by atoms with van der Waals surface area (Å²) in [5.74, 6) is 0. The SMILES string of the molecule is N#Cc1ccc2c3c1ccc1cc(-c4c5ccccc5c(-c5cccc6ccccc56)c5ccccc45)cc(c13)n2-c1cccnc1. The van der Waals surface area contributed by atoms with Gasteiger partial charge < -0.3 is 4.57 Å². The van der Waals surface area contributed by atoms with Gasteiger partial charge in [-0.15, -0.1) is 0 Å². The van der Waals surface area contributed by atoms with Crippen molar-refractivity contribution in [2.75, 3.05) is 0 Å². The van der Waals surface area contributed by atoms with E-state index in [9.17, 15) is 5.26 Å². The minimum absolute atomic E-state index is 0.690. The molecule has 2 aromatic heterocycles. The molecule has 0 N–H and O–H groups in total. The fourth-order valence-corrected chi connectivity index (χ4v) is 7.94. The highest BCUT2D eigenvalue weighted by Gasteiger charge is 2.22. The van der Waals surface area contributed by atoms with Gasteiger partial charge in [-0.05, 0) is 96.4 Å². The summed E-state index contributed by atoms with van der Waals surface area (Å²) in [5.41, 5.74) is 8.75. The summed E-state index contributed by atoms with van der Waals surface area (Å²) in [6.07, 6.45) is 3.72. The summed E-state index contributed by atoms with van der Waals surface area (Å²) >= 11 is 0. The Morgan fingerprint density at radius 2 is 1.21 bits per heavy atom. The average molecular weight is 596 g/mol. The minimum atomic E-state index is 0.690. The first-order valence-corrected chi connectivity index (χ1v) is 15.9. The van der Waals surface area contributed by atoms with Gasteiger partial charge in [-0.25, -0.2) is 0 Å². The number of nitrogens with zero attached hydrogens (tertiary/aromatic N) is 3. The first-order valence-electron chi connectivity index (χ1n) is 15.9. The second-order valence-corrected chi connectivity index (χ2v) is 12.2. The van der Waals surface area contributed by atoms with Crippen LogP contribution in [0.4, 0.5) is 0 Å². The van der Waals surface area contributed by atoms with E-state index in [4.69, 9.17) is 0 Å². The van der Waals surface area contributed by atoms with Crippen molar-refractivity contribution >= 4 is 64.9 Å². The smallest absolute Gasteiger partial charge is 0.0998 e. The molecule has 0 radical (unpaired) electrons. The molecule has 0 aliphatic carbocycles. The van der Waals surface area contributed by atoms with Crippen LogP contribution in [0.15, 0.2) is 152 Å². The summed E-state index contributed by atoms with van der Waals surface area (Å²) in [6.45, 7) is 0. The van der Waals surface area contributed by atoms with E-state index < -0.39 is 0 Å². The standard InChI is InChI=1S/C44H25N3/c45-25-29-19-21-39-44-33(29)20-18-28-23-30(24-40(42(28)44)47(39)31-11-8-22-46-26-31)41-35-13-3-5-15-37(35)43(38-16-6-4-14-36(38)41)34-17-7-10-27-9-1-2-12-32(27)34/h1-24,26H. The van der Waals surface area contributed by atoms with E-state index in [1.165, 1.54) is 54.4 Å². The second kappa shape index (κ2) is 9.75. The van der Waals surface area contributed by atoms with Gasteiger partial charge >= 0.3 is 0 Å². The van der Waals surface area contributed by atoms with E-state index >= 15 is 0 Å². The summed E-state index contributed by atoms with van der Waals surface area (Å²) in [5, 5.41) is 21.8. The number of aromatic nitrogens is 2. The van der Waals surface area contributed by atoms with Gasteiger partial charge in [0.2, 0.25) is 0 Å². The lowest BCUT2D eigenvalue weighted by molar-refractivity contribution is 1.14. The number of fused-ring (bicyclic) bond motifs is 3. The van der Waals surface area contributed by atoms with E-state index in [0.717, 1.165) is 38.4 Å². The van der Waals surface area contributed by atoms with Crippen LogP contribution in [-0.4, -0.2) is 9.55 Å². The molecule has 0 spiro atoms. The maximum Gasteiger partial charge on any atom is 0.0998 e. The third-order valence-electron chi connectivity index (χ3n) is 9.84. The number of hydrogen-bond donors (Lipinski definition) is 0. The zero-order valence-electron chi connectivity index (χ0n) is 25.3. The van der Waals surface area contributed by atoms with Crippen LogP contribution >= 0.6 is 0 Å². The highest BCUT2D eigenvalue weighted by atomic mass is 15.0. The number of pyridine rings is 1. The van der Waals surface area contributed by atoms with Gasteiger partial charge in [0.05, 0.1) is 34.6 Å². The Morgan fingerprint density at radius 3 is 1.94 bits per heavy atom. The maximum absolute atomic E-state index is 9.98. The van der Waals surface area contributed by atoms with Crippen LogP contribution < -0.4 is 0 Å². The van der Waals surface area contributed by atoms with Crippen molar-refractivity contribution in [3.8, 4) is 34.0 Å². The van der Waals surface area contributed by atoms with E-state index in [1.54, 1.807) is 0 Å². The third-order valence-corrected chi connectivity index (χ3v) is 9.84. The first-order chi connectivity index (χ1) is 23.3. The van der Waals surface area contributed by atoms with Gasteiger partial charge in [-0.2, -0.15) is 5.26 Å². The molecule has 47 heavy (non-hydrogen) atoms. The molecule has 10 aromatic rings. The molecule has 10 rings (SSSR count). The van der Waals surface area contributed by atoms with Crippen LogP contribution in [0.3, 0.4) is 0 Å². The lowest BCUT2D eigenvalue weighted by Crippen LogP contribution is -1.95. The zero-order chi connectivity index (χ0) is 31.1. The van der Waals surface area contributed by atoms with E-state index in [0.29, 0.717) is 5.56 Å². The van der Waals surface area contributed by atoms with Crippen molar-refractivity contribution in [1.29, 1.82) is 5.26 Å². The number of rotatable bonds is 3. The van der Waals surface area contributed by atoms with Crippen molar-refractivity contribution in [3.63, 3.8) is 0 Å². The number of benzene rings is 8. The zero-order valence-corrected chi connectivity index (χ0v) is 25.3. The van der Waals surface area contributed by atoms with Gasteiger partial charge in [-0.3, -0.25) is 4.98 Å². The molecule has 0 aliphatic heterocycles. The Labute approximate surface area is 270 Å². The Hall–Kier alpha value is -6.50. The van der Waals surface area contributed by atoms with Crippen molar-refractivity contribution in [2.24, 2.45) is 0 Å². The molecule has 0 aliphatic rings. The van der Waals surface area contributed by atoms with E-state index in [1.807, 2.05) is 24.5 Å². The molecule has 8 aromatic carbocycles. The maximum atomic E-state index is 9.98. The Kier molecular flexibility index (Phi) is 5.35. The minimum Gasteiger partial charge on any atom is -0.308 e. The van der Waals surface area contributed by atoms with Gasteiger partial charge in [0.15, 0.2) is 0 Å². The molecule has 0 atom stereocenters. The molecule has 216 valence electrons. The molecule has 0 saturated heterocycles. The molecule has 3 nitrogen and oxygen atoms in total. The monoisotopic (exact) mass is 595 g/mol. The third kappa shape index (κ3) is 3.58. The molecule has 2 heterocycles. The summed E-state index contributed by atoms with van der Waals surface area (Å²) < 4.78 is 2.30. The van der Waals surface area contributed by atoms with Gasteiger partial charge in [-0.1, -0.05) is 103 Å². The molecule has 0 fully saturated rings. The van der Waals surface area contributed by atoms with Gasteiger partial charge in [0.25, 0.3) is 0 Å². The molecule has 3 heteroatoms. The molecular weight excluding hydrogens is 571 g/mol. The summed E-state index contributed by atoms with van der Waals surface area (Å²) in [4.78, 5) is 4.48. The molecule has 0 bridgehead atoms. The van der Waals surface area contributed by atoms with Gasteiger partial charge in [0.1, 0.15) is 0 Å². The largest absolute Gasteiger partial charge is 0.308 e. The molecular formula is C44H25N3. The Bertz CT molecular complexity index is 2850. The molecule has 0 amide bonds. The van der Waals surface area contributed by atoms with Crippen LogP contribution in [0.25, 0.3) is 92.8 Å². The fourth-order valence-electron chi connectivity index (χ4n) is 7.94. The molecule has 0 unspecified atom stereocenters. The van der Waals surface area contributed by atoms with Crippen molar-refractivity contribution in [1.82, 2.24) is 9.55 Å².